The highest BCUT2D eigenvalue weighted by Crippen LogP contribution is 2.31. The van der Waals surface area contributed by atoms with Gasteiger partial charge in [0.2, 0.25) is 0 Å². The molecule has 106 valence electrons. The first-order valence-electron chi connectivity index (χ1n) is 6.99. The summed E-state index contributed by atoms with van der Waals surface area (Å²) in [6.45, 7) is 3.98. The van der Waals surface area contributed by atoms with E-state index in [0.29, 0.717) is 11.7 Å². The van der Waals surface area contributed by atoms with Crippen molar-refractivity contribution in [1.82, 2.24) is 9.55 Å². The minimum Gasteiger partial charge on any atom is -0.359 e. The van der Waals surface area contributed by atoms with Gasteiger partial charge < -0.3 is 9.88 Å². The number of hydrogen-bond donors (Lipinski definition) is 1. The Hall–Kier alpha value is -1.03. The zero-order chi connectivity index (χ0) is 13.9. The van der Waals surface area contributed by atoms with Crippen LogP contribution in [0.1, 0.15) is 52.0 Å². The van der Waals surface area contributed by atoms with Gasteiger partial charge in [0, 0.05) is 24.3 Å². The molecule has 4 nitrogen and oxygen atoms in total. The van der Waals surface area contributed by atoms with Gasteiger partial charge in [0.1, 0.15) is 0 Å². The Kier molecular flexibility index (Phi) is 4.50. The predicted molar refractivity (Wildman–Crippen MR) is 79.0 cm³/mol. The number of halogens is 1. The highest BCUT2D eigenvalue weighted by molar-refractivity contribution is 6.18. The van der Waals surface area contributed by atoms with Gasteiger partial charge in [-0.1, -0.05) is 19.3 Å². The minimum atomic E-state index is -0.165. The monoisotopic (exact) mass is 283 g/mol. The van der Waals surface area contributed by atoms with Gasteiger partial charge in [0.05, 0.1) is 5.54 Å². The van der Waals surface area contributed by atoms with Crippen molar-refractivity contribution in [3.63, 3.8) is 0 Å². The normalized spacial score (nSPS) is 18.5. The second-order valence-corrected chi connectivity index (χ2v) is 5.95. The molecule has 1 aromatic rings. The molecule has 0 bridgehead atoms. The van der Waals surface area contributed by atoms with E-state index < -0.39 is 0 Å². The van der Waals surface area contributed by atoms with Gasteiger partial charge in [-0.2, -0.15) is 0 Å². The molecule has 1 aromatic heterocycles. The van der Waals surface area contributed by atoms with Crippen LogP contribution in [0.25, 0.3) is 0 Å². The summed E-state index contributed by atoms with van der Waals surface area (Å²) in [5, 5.41) is 3.33. The first-order valence-corrected chi connectivity index (χ1v) is 7.53. The molecule has 0 aliphatic heterocycles. The molecule has 1 N–H and O–H groups in total. The molecule has 0 saturated heterocycles. The fraction of sp³-hybridized carbons (Fsp3) is 0.714. The molecule has 2 rings (SSSR count). The Morgan fingerprint density at radius 3 is 2.68 bits per heavy atom. The fourth-order valence-corrected chi connectivity index (χ4v) is 3.02. The van der Waals surface area contributed by atoms with E-state index >= 15 is 0 Å². The van der Waals surface area contributed by atoms with Crippen LogP contribution in [-0.2, 0) is 0 Å². The van der Waals surface area contributed by atoms with Crippen molar-refractivity contribution in [1.29, 1.82) is 0 Å². The third-order valence-electron chi connectivity index (χ3n) is 3.87. The topological polar surface area (TPSA) is 46.9 Å². The third kappa shape index (κ3) is 3.11. The SMILES string of the molecule is CC(C)n1ccnc(NC2(CCl)CCCCC2)c1=O. The summed E-state index contributed by atoms with van der Waals surface area (Å²) in [5.74, 6) is 0.948. The van der Waals surface area contributed by atoms with Crippen LogP contribution in [0.15, 0.2) is 17.2 Å². The van der Waals surface area contributed by atoms with Crippen molar-refractivity contribution in [3.05, 3.63) is 22.7 Å². The summed E-state index contributed by atoms with van der Waals surface area (Å²) in [7, 11) is 0. The van der Waals surface area contributed by atoms with Gasteiger partial charge in [0.25, 0.3) is 5.56 Å². The van der Waals surface area contributed by atoms with Crippen LogP contribution < -0.4 is 10.9 Å². The van der Waals surface area contributed by atoms with Gasteiger partial charge in [0.15, 0.2) is 5.82 Å². The second-order valence-electron chi connectivity index (χ2n) is 5.68. The molecule has 0 atom stereocenters. The molecule has 1 fully saturated rings. The number of nitrogens with zero attached hydrogens (tertiary/aromatic N) is 2. The van der Waals surface area contributed by atoms with Crippen LogP contribution >= 0.6 is 11.6 Å². The molecule has 19 heavy (non-hydrogen) atoms. The highest BCUT2D eigenvalue weighted by Gasteiger charge is 2.32. The summed E-state index contributed by atoms with van der Waals surface area (Å²) in [6.07, 6.45) is 8.98. The third-order valence-corrected chi connectivity index (χ3v) is 4.39. The van der Waals surface area contributed by atoms with Crippen LogP contribution in [0.5, 0.6) is 0 Å². The summed E-state index contributed by atoms with van der Waals surface area (Å²) >= 11 is 6.14. The van der Waals surface area contributed by atoms with Crippen molar-refractivity contribution in [2.24, 2.45) is 0 Å². The molecular weight excluding hydrogens is 262 g/mol. The first kappa shape index (κ1) is 14.4. The van der Waals surface area contributed by atoms with Crippen molar-refractivity contribution in [2.75, 3.05) is 11.2 Å². The first-order chi connectivity index (χ1) is 9.08. The number of nitrogens with one attached hydrogen (secondary N) is 1. The Labute approximate surface area is 119 Å². The van der Waals surface area contributed by atoms with E-state index in [2.05, 4.69) is 10.3 Å². The molecule has 0 spiro atoms. The highest BCUT2D eigenvalue weighted by atomic mass is 35.5. The quantitative estimate of drug-likeness (QED) is 0.864. The lowest BCUT2D eigenvalue weighted by Crippen LogP contribution is -2.44. The van der Waals surface area contributed by atoms with E-state index in [9.17, 15) is 4.79 Å². The van der Waals surface area contributed by atoms with E-state index in [1.807, 2.05) is 13.8 Å². The second kappa shape index (κ2) is 5.95. The van der Waals surface area contributed by atoms with Gasteiger partial charge >= 0.3 is 0 Å². The minimum absolute atomic E-state index is 0.0624. The summed E-state index contributed by atoms with van der Waals surface area (Å²) in [6, 6.07) is 0.134. The van der Waals surface area contributed by atoms with Crippen LogP contribution in [0, 0.1) is 0 Å². The Morgan fingerprint density at radius 2 is 2.11 bits per heavy atom. The smallest absolute Gasteiger partial charge is 0.293 e. The molecular formula is C14H22ClN3O. The van der Waals surface area contributed by atoms with Crippen molar-refractivity contribution >= 4 is 17.4 Å². The maximum atomic E-state index is 12.3. The number of anilines is 1. The zero-order valence-corrected chi connectivity index (χ0v) is 12.4. The van der Waals surface area contributed by atoms with Gasteiger partial charge in [-0.15, -0.1) is 11.6 Å². The Balaban J connectivity index is 2.27. The van der Waals surface area contributed by atoms with Crippen LogP contribution in [-0.4, -0.2) is 21.0 Å². The molecule has 1 aliphatic rings. The van der Waals surface area contributed by atoms with E-state index in [-0.39, 0.29) is 17.1 Å². The Morgan fingerprint density at radius 1 is 1.42 bits per heavy atom. The lowest BCUT2D eigenvalue weighted by molar-refractivity contribution is 0.351. The Bertz CT molecular complexity index is 478. The maximum absolute atomic E-state index is 12.3. The molecule has 5 heteroatoms. The van der Waals surface area contributed by atoms with Gasteiger partial charge in [-0.3, -0.25) is 4.79 Å². The van der Waals surface area contributed by atoms with Crippen LogP contribution in [0.3, 0.4) is 0 Å². The predicted octanol–water partition coefficient (Wildman–Crippen LogP) is 3.18. The van der Waals surface area contributed by atoms with E-state index in [4.69, 9.17) is 11.6 Å². The van der Waals surface area contributed by atoms with Crippen molar-refractivity contribution in [3.8, 4) is 0 Å². The number of hydrogen-bond acceptors (Lipinski definition) is 3. The van der Waals surface area contributed by atoms with E-state index in [0.717, 1.165) is 25.7 Å². The summed E-state index contributed by atoms with van der Waals surface area (Å²) in [5.41, 5.74) is -0.227. The number of aromatic nitrogens is 2. The molecule has 1 saturated carbocycles. The molecule has 0 unspecified atom stereocenters. The molecule has 1 heterocycles. The zero-order valence-electron chi connectivity index (χ0n) is 11.7. The largest absolute Gasteiger partial charge is 0.359 e. The van der Waals surface area contributed by atoms with E-state index in [1.165, 1.54) is 6.42 Å². The molecule has 0 aromatic carbocycles. The van der Waals surface area contributed by atoms with Crippen molar-refractivity contribution < 1.29 is 0 Å². The molecule has 0 radical (unpaired) electrons. The lowest BCUT2D eigenvalue weighted by Gasteiger charge is -2.36. The maximum Gasteiger partial charge on any atom is 0.293 e. The fourth-order valence-electron chi connectivity index (χ4n) is 2.69. The average molecular weight is 284 g/mol. The lowest BCUT2D eigenvalue weighted by atomic mass is 9.83. The van der Waals surface area contributed by atoms with Crippen molar-refractivity contribution in [2.45, 2.75) is 57.5 Å². The summed E-state index contributed by atoms with van der Waals surface area (Å²) in [4.78, 5) is 16.5. The number of alkyl halides is 1. The molecule has 0 amide bonds. The average Bonchev–Trinajstić information content (AvgIpc) is 2.42. The standard InChI is InChI=1S/C14H22ClN3O/c1-11(2)18-9-8-16-12(13(18)19)17-14(10-15)6-4-3-5-7-14/h8-9,11H,3-7,10H2,1-2H3,(H,16,17). The summed E-state index contributed by atoms with van der Waals surface area (Å²) < 4.78 is 1.69. The van der Waals surface area contributed by atoms with Gasteiger partial charge in [-0.25, -0.2) is 4.98 Å². The van der Waals surface area contributed by atoms with E-state index in [1.54, 1.807) is 17.0 Å². The van der Waals surface area contributed by atoms with Gasteiger partial charge in [-0.05, 0) is 26.7 Å². The molecule has 1 aliphatic carbocycles. The van der Waals surface area contributed by atoms with Crippen LogP contribution in [0.2, 0.25) is 0 Å². The number of rotatable bonds is 4. The van der Waals surface area contributed by atoms with Crippen LogP contribution in [0.4, 0.5) is 5.82 Å².